The zero-order valence-corrected chi connectivity index (χ0v) is 11.3. The molecule has 0 aliphatic heterocycles. The fourth-order valence-electron chi connectivity index (χ4n) is 2.65. The van der Waals surface area contributed by atoms with E-state index in [1.54, 1.807) is 0 Å². The zero-order chi connectivity index (χ0) is 13.0. The van der Waals surface area contributed by atoms with Crippen LogP contribution in [0.5, 0.6) is 0 Å². The van der Waals surface area contributed by atoms with Gasteiger partial charge in [0.05, 0.1) is 18.3 Å². The van der Waals surface area contributed by atoms with Crippen molar-refractivity contribution in [3.05, 3.63) is 18.0 Å². The molecular formula is C14H25N3O. The Labute approximate surface area is 109 Å². The number of nitrogens with zero attached hydrogens (tertiary/aromatic N) is 2. The fourth-order valence-corrected chi connectivity index (χ4v) is 2.65. The average Bonchev–Trinajstić information content (AvgIpc) is 2.88. The smallest absolute Gasteiger partial charge is 0.0631 e. The van der Waals surface area contributed by atoms with E-state index in [0.717, 1.165) is 12.1 Å². The maximum absolute atomic E-state index is 9.39. The molecule has 1 aromatic rings. The number of aromatic nitrogens is 2. The summed E-state index contributed by atoms with van der Waals surface area (Å²) in [7, 11) is 0. The van der Waals surface area contributed by atoms with Crippen LogP contribution in [0.2, 0.25) is 0 Å². The van der Waals surface area contributed by atoms with Crippen LogP contribution in [-0.2, 0) is 6.42 Å². The molecule has 1 heterocycles. The minimum absolute atomic E-state index is 0.111. The Balaban J connectivity index is 2.01. The number of aliphatic hydroxyl groups excluding tert-OH is 1. The Hall–Kier alpha value is -0.870. The second-order valence-electron chi connectivity index (χ2n) is 5.93. The lowest BCUT2D eigenvalue weighted by atomic mass is 9.87. The topological polar surface area (TPSA) is 64.1 Å². The minimum Gasteiger partial charge on any atom is -0.396 e. The van der Waals surface area contributed by atoms with Gasteiger partial charge in [-0.3, -0.25) is 4.68 Å². The van der Waals surface area contributed by atoms with Gasteiger partial charge >= 0.3 is 0 Å². The zero-order valence-electron chi connectivity index (χ0n) is 11.3. The van der Waals surface area contributed by atoms with Crippen LogP contribution in [0.1, 0.15) is 50.8 Å². The first-order chi connectivity index (χ1) is 8.67. The van der Waals surface area contributed by atoms with Crippen LogP contribution in [0, 0.1) is 5.41 Å². The molecule has 0 amide bonds. The third-order valence-corrected chi connectivity index (χ3v) is 4.09. The summed E-state index contributed by atoms with van der Waals surface area (Å²) in [4.78, 5) is 0. The lowest BCUT2D eigenvalue weighted by molar-refractivity contribution is 0.148. The second kappa shape index (κ2) is 5.85. The molecule has 1 aromatic heterocycles. The molecule has 1 unspecified atom stereocenters. The average molecular weight is 251 g/mol. The van der Waals surface area contributed by atoms with Gasteiger partial charge in [0.15, 0.2) is 0 Å². The maximum atomic E-state index is 9.39. The van der Waals surface area contributed by atoms with Gasteiger partial charge in [0, 0.05) is 24.6 Å². The van der Waals surface area contributed by atoms with Gasteiger partial charge in [0.2, 0.25) is 0 Å². The number of hydrogen-bond donors (Lipinski definition) is 2. The van der Waals surface area contributed by atoms with Gasteiger partial charge in [-0.05, 0) is 18.9 Å². The largest absolute Gasteiger partial charge is 0.396 e. The van der Waals surface area contributed by atoms with Gasteiger partial charge < -0.3 is 10.8 Å². The van der Waals surface area contributed by atoms with Gasteiger partial charge in [-0.1, -0.05) is 26.2 Å². The summed E-state index contributed by atoms with van der Waals surface area (Å²) in [5.74, 6) is 0. The Morgan fingerprint density at radius 1 is 1.44 bits per heavy atom. The Bertz CT molecular complexity index is 365. The molecule has 0 spiro atoms. The molecule has 1 aliphatic carbocycles. The summed E-state index contributed by atoms with van der Waals surface area (Å²) >= 11 is 0. The minimum atomic E-state index is -0.244. The normalized spacial score (nSPS) is 20.8. The van der Waals surface area contributed by atoms with Crippen molar-refractivity contribution in [2.45, 2.75) is 51.5 Å². The molecule has 4 nitrogen and oxygen atoms in total. The predicted molar refractivity (Wildman–Crippen MR) is 72.3 cm³/mol. The van der Waals surface area contributed by atoms with E-state index < -0.39 is 0 Å². The lowest BCUT2D eigenvalue weighted by Gasteiger charge is -2.24. The fraction of sp³-hybridized carbons (Fsp3) is 0.786. The van der Waals surface area contributed by atoms with E-state index in [4.69, 9.17) is 5.73 Å². The third kappa shape index (κ3) is 3.12. The van der Waals surface area contributed by atoms with E-state index in [9.17, 15) is 5.11 Å². The molecule has 0 bridgehead atoms. The highest BCUT2D eigenvalue weighted by Crippen LogP contribution is 2.28. The standard InChI is InChI=1S/C14H25N3O/c1-14(10-15,11-18)9-12-7-8-17(16-12)13-5-3-2-4-6-13/h7-8,13,18H,2-6,9-11,15H2,1H3. The van der Waals surface area contributed by atoms with E-state index >= 15 is 0 Å². The summed E-state index contributed by atoms with van der Waals surface area (Å²) in [5.41, 5.74) is 6.52. The molecule has 0 radical (unpaired) electrons. The number of nitrogens with two attached hydrogens (primary N) is 1. The number of aliphatic hydroxyl groups is 1. The number of rotatable bonds is 5. The summed E-state index contributed by atoms with van der Waals surface area (Å²) < 4.78 is 2.11. The summed E-state index contributed by atoms with van der Waals surface area (Å²) in [6.07, 6.45) is 9.32. The van der Waals surface area contributed by atoms with Crippen LogP contribution in [0.15, 0.2) is 12.3 Å². The van der Waals surface area contributed by atoms with Crippen molar-refractivity contribution in [1.29, 1.82) is 0 Å². The predicted octanol–water partition coefficient (Wildman–Crippen LogP) is 1.89. The van der Waals surface area contributed by atoms with Crippen molar-refractivity contribution in [1.82, 2.24) is 9.78 Å². The van der Waals surface area contributed by atoms with Crippen molar-refractivity contribution in [2.24, 2.45) is 11.1 Å². The molecule has 1 aliphatic rings. The molecule has 0 saturated heterocycles. The Morgan fingerprint density at radius 3 is 2.78 bits per heavy atom. The third-order valence-electron chi connectivity index (χ3n) is 4.09. The first kappa shape index (κ1) is 13.6. The van der Waals surface area contributed by atoms with Gasteiger partial charge in [0.25, 0.3) is 0 Å². The molecule has 4 heteroatoms. The van der Waals surface area contributed by atoms with E-state index in [1.807, 2.05) is 6.92 Å². The highest BCUT2D eigenvalue weighted by Gasteiger charge is 2.24. The van der Waals surface area contributed by atoms with Gasteiger partial charge in [0.1, 0.15) is 0 Å². The highest BCUT2D eigenvalue weighted by atomic mass is 16.3. The van der Waals surface area contributed by atoms with Crippen LogP contribution >= 0.6 is 0 Å². The number of hydrogen-bond acceptors (Lipinski definition) is 3. The van der Waals surface area contributed by atoms with Crippen molar-refractivity contribution in [2.75, 3.05) is 13.2 Å². The highest BCUT2D eigenvalue weighted by molar-refractivity contribution is 5.04. The second-order valence-corrected chi connectivity index (χ2v) is 5.93. The van der Waals surface area contributed by atoms with E-state index in [-0.39, 0.29) is 12.0 Å². The van der Waals surface area contributed by atoms with Crippen LogP contribution < -0.4 is 5.73 Å². The maximum Gasteiger partial charge on any atom is 0.0631 e. The van der Waals surface area contributed by atoms with E-state index in [2.05, 4.69) is 22.0 Å². The van der Waals surface area contributed by atoms with Gasteiger partial charge in [-0.2, -0.15) is 5.10 Å². The summed E-state index contributed by atoms with van der Waals surface area (Å²) in [6, 6.07) is 2.64. The van der Waals surface area contributed by atoms with Crippen LogP contribution in [0.3, 0.4) is 0 Å². The van der Waals surface area contributed by atoms with Crippen molar-refractivity contribution >= 4 is 0 Å². The molecule has 1 fully saturated rings. The Kier molecular flexibility index (Phi) is 4.40. The van der Waals surface area contributed by atoms with Crippen LogP contribution in [0.4, 0.5) is 0 Å². The molecule has 102 valence electrons. The van der Waals surface area contributed by atoms with Crippen molar-refractivity contribution in [3.63, 3.8) is 0 Å². The van der Waals surface area contributed by atoms with Crippen LogP contribution in [-0.4, -0.2) is 28.0 Å². The summed E-state index contributed by atoms with van der Waals surface area (Å²) in [6.45, 7) is 2.60. The molecule has 18 heavy (non-hydrogen) atoms. The summed E-state index contributed by atoms with van der Waals surface area (Å²) in [5, 5.41) is 14.1. The van der Waals surface area contributed by atoms with Crippen LogP contribution in [0.25, 0.3) is 0 Å². The molecular weight excluding hydrogens is 226 g/mol. The Morgan fingerprint density at radius 2 is 2.17 bits per heavy atom. The quantitative estimate of drug-likeness (QED) is 0.840. The molecule has 2 rings (SSSR count). The van der Waals surface area contributed by atoms with Crippen molar-refractivity contribution in [3.8, 4) is 0 Å². The van der Waals surface area contributed by atoms with Crippen molar-refractivity contribution < 1.29 is 5.11 Å². The first-order valence-corrected chi connectivity index (χ1v) is 7.02. The van der Waals surface area contributed by atoms with E-state index in [0.29, 0.717) is 12.6 Å². The van der Waals surface area contributed by atoms with Gasteiger partial charge in [-0.15, -0.1) is 0 Å². The first-order valence-electron chi connectivity index (χ1n) is 7.02. The lowest BCUT2D eigenvalue weighted by Crippen LogP contribution is -2.33. The molecule has 0 aromatic carbocycles. The molecule has 1 atom stereocenters. The molecule has 3 N–H and O–H groups in total. The molecule has 1 saturated carbocycles. The van der Waals surface area contributed by atoms with Gasteiger partial charge in [-0.25, -0.2) is 0 Å². The SMILES string of the molecule is CC(CN)(CO)Cc1ccn(C2CCCCC2)n1. The monoisotopic (exact) mass is 251 g/mol. The van der Waals surface area contributed by atoms with E-state index in [1.165, 1.54) is 32.1 Å².